The van der Waals surface area contributed by atoms with Gasteiger partial charge in [0.25, 0.3) is 0 Å². The molecule has 2 aliphatic rings. The van der Waals surface area contributed by atoms with Crippen LogP contribution in [0.2, 0.25) is 0 Å². The van der Waals surface area contributed by atoms with Crippen LogP contribution in [0.3, 0.4) is 0 Å². The fourth-order valence-electron chi connectivity index (χ4n) is 4.67. The van der Waals surface area contributed by atoms with Crippen molar-refractivity contribution in [2.45, 2.75) is 59.8 Å². The quantitative estimate of drug-likeness (QED) is 0.315. The zero-order valence-corrected chi connectivity index (χ0v) is 25.3. The highest BCUT2D eigenvalue weighted by Gasteiger charge is 2.20. The summed E-state index contributed by atoms with van der Waals surface area (Å²) < 4.78 is 31.7. The van der Waals surface area contributed by atoms with Gasteiger partial charge in [0.2, 0.25) is 11.8 Å². The van der Waals surface area contributed by atoms with Gasteiger partial charge < -0.3 is 28.4 Å². The van der Waals surface area contributed by atoms with Crippen molar-refractivity contribution in [3.8, 4) is 11.8 Å². The van der Waals surface area contributed by atoms with E-state index in [4.69, 9.17) is 28.4 Å². The van der Waals surface area contributed by atoms with Crippen molar-refractivity contribution in [3.63, 3.8) is 0 Å². The average molecular weight is 585 g/mol. The lowest BCUT2D eigenvalue weighted by molar-refractivity contribution is 0.0510. The third-order valence-electron chi connectivity index (χ3n) is 6.70. The predicted octanol–water partition coefficient (Wildman–Crippen LogP) is 5.48. The van der Waals surface area contributed by atoms with E-state index >= 15 is 0 Å². The van der Waals surface area contributed by atoms with Gasteiger partial charge >= 0.3 is 11.9 Å². The number of aromatic nitrogens is 2. The zero-order chi connectivity index (χ0) is 30.2. The lowest BCUT2D eigenvalue weighted by Gasteiger charge is -2.22. The molecule has 2 fully saturated rings. The van der Waals surface area contributed by atoms with E-state index in [-0.39, 0.29) is 5.97 Å². The molecule has 4 rings (SSSR count). The van der Waals surface area contributed by atoms with Crippen molar-refractivity contribution in [1.82, 2.24) is 9.97 Å². The topological polar surface area (TPSA) is 115 Å². The first-order chi connectivity index (χ1) is 20.5. The maximum atomic E-state index is 12.0. The average Bonchev–Trinajstić information content (AvgIpc) is 3.00. The Morgan fingerprint density at radius 3 is 1.90 bits per heavy atom. The van der Waals surface area contributed by atoms with Crippen molar-refractivity contribution in [2.24, 2.45) is 5.92 Å². The normalized spacial score (nSPS) is 15.2. The standard InChI is InChI=1S/C16H23NO4.C16H21NO4/c2*1-3-20-15-14(16(18)21-4-2)10-13(11-17-15)9-12-5-7-19-8-6-12/h10-12H,3-9H2,1-2H3;9-11H,3-8H2,1-2H3. The van der Waals surface area contributed by atoms with Gasteiger partial charge in [-0.25, -0.2) is 19.6 Å². The smallest absolute Gasteiger partial charge is 0.343 e. The van der Waals surface area contributed by atoms with Gasteiger partial charge in [-0.15, -0.1) is 0 Å². The Morgan fingerprint density at radius 1 is 0.786 bits per heavy atom. The molecule has 0 atom stereocenters. The fraction of sp³-hybridized carbons (Fsp3) is 0.562. The number of pyridine rings is 2. The van der Waals surface area contributed by atoms with Crippen LogP contribution in [-0.4, -0.2) is 74.8 Å². The van der Waals surface area contributed by atoms with Crippen molar-refractivity contribution in [2.75, 3.05) is 52.9 Å². The summed E-state index contributed by atoms with van der Waals surface area (Å²) in [6, 6.07) is 3.63. The van der Waals surface area contributed by atoms with Gasteiger partial charge in [0.05, 0.1) is 39.6 Å². The number of ether oxygens (including phenoxy) is 6. The molecule has 2 saturated heterocycles. The summed E-state index contributed by atoms with van der Waals surface area (Å²) >= 11 is 0. The summed E-state index contributed by atoms with van der Waals surface area (Å²) in [5.41, 5.74) is 4.04. The second-order valence-electron chi connectivity index (χ2n) is 9.80. The van der Waals surface area contributed by atoms with Crippen LogP contribution in [0.15, 0.2) is 30.1 Å². The van der Waals surface area contributed by atoms with Crippen molar-refractivity contribution in [3.05, 3.63) is 52.4 Å². The maximum absolute atomic E-state index is 12.0. The SMILES string of the molecule is CCOC(=O)c1cc(C=C2CCOCC2)cnc1OCC.CCOC(=O)c1cc(CC2CCOCC2)cnc1OCC. The van der Waals surface area contributed by atoms with Crippen LogP contribution in [0.1, 0.15) is 85.2 Å². The Balaban J connectivity index is 0.000000230. The predicted molar refractivity (Wildman–Crippen MR) is 158 cm³/mol. The van der Waals surface area contributed by atoms with Gasteiger partial charge in [-0.1, -0.05) is 11.6 Å². The first-order valence-electron chi connectivity index (χ1n) is 14.9. The second-order valence-corrected chi connectivity index (χ2v) is 9.80. The molecule has 0 spiro atoms. The van der Waals surface area contributed by atoms with Gasteiger partial charge in [0.1, 0.15) is 11.1 Å². The Hall–Kier alpha value is -3.50. The van der Waals surface area contributed by atoms with Gasteiger partial charge in [-0.2, -0.15) is 0 Å². The second kappa shape index (κ2) is 18.1. The van der Waals surface area contributed by atoms with Gasteiger partial charge in [0.15, 0.2) is 0 Å². The summed E-state index contributed by atoms with van der Waals surface area (Å²) in [5, 5.41) is 0. The van der Waals surface area contributed by atoms with Crippen molar-refractivity contribution in [1.29, 1.82) is 0 Å². The van der Waals surface area contributed by atoms with Crippen LogP contribution >= 0.6 is 0 Å². The Bertz CT molecular complexity index is 1170. The van der Waals surface area contributed by atoms with E-state index in [1.54, 1.807) is 32.3 Å². The Kier molecular flexibility index (Phi) is 14.2. The van der Waals surface area contributed by atoms with Gasteiger partial charge in [0, 0.05) is 25.6 Å². The number of hydrogen-bond donors (Lipinski definition) is 0. The highest BCUT2D eigenvalue weighted by Crippen LogP contribution is 2.24. The Morgan fingerprint density at radius 2 is 1.33 bits per heavy atom. The molecule has 2 aromatic heterocycles. The first-order valence-corrected chi connectivity index (χ1v) is 14.9. The number of nitrogens with zero attached hydrogens (tertiary/aromatic N) is 2. The molecule has 0 aromatic carbocycles. The Labute approximate surface area is 248 Å². The largest absolute Gasteiger partial charge is 0.477 e. The molecule has 0 unspecified atom stereocenters. The molecule has 10 heteroatoms. The molecule has 2 aliphatic heterocycles. The van der Waals surface area contributed by atoms with Crippen LogP contribution in [0.4, 0.5) is 0 Å². The molecular formula is C32H44N2O8. The summed E-state index contributed by atoms with van der Waals surface area (Å²) in [4.78, 5) is 32.5. The molecule has 0 saturated carbocycles. The van der Waals surface area contributed by atoms with Crippen molar-refractivity contribution >= 4 is 18.0 Å². The zero-order valence-electron chi connectivity index (χ0n) is 25.3. The van der Waals surface area contributed by atoms with Crippen LogP contribution in [0.25, 0.3) is 6.08 Å². The highest BCUT2D eigenvalue weighted by molar-refractivity contribution is 5.93. The van der Waals surface area contributed by atoms with Crippen LogP contribution in [-0.2, 0) is 25.4 Å². The van der Waals surface area contributed by atoms with E-state index in [9.17, 15) is 9.59 Å². The number of hydrogen-bond acceptors (Lipinski definition) is 10. The van der Waals surface area contributed by atoms with E-state index in [0.29, 0.717) is 55.2 Å². The molecule has 0 N–H and O–H groups in total. The van der Waals surface area contributed by atoms with E-state index in [1.165, 1.54) is 5.57 Å². The number of carbonyl (C=O) groups is 2. The fourth-order valence-corrected chi connectivity index (χ4v) is 4.67. The minimum atomic E-state index is -0.402. The molecule has 0 bridgehead atoms. The molecule has 10 nitrogen and oxygen atoms in total. The summed E-state index contributed by atoms with van der Waals surface area (Å²) in [7, 11) is 0. The van der Waals surface area contributed by atoms with Gasteiger partial charge in [-0.05, 0) is 89.0 Å². The number of rotatable bonds is 11. The molecule has 42 heavy (non-hydrogen) atoms. The van der Waals surface area contributed by atoms with E-state index in [1.807, 2.05) is 19.9 Å². The lowest BCUT2D eigenvalue weighted by Crippen LogP contribution is -2.18. The monoisotopic (exact) mass is 584 g/mol. The maximum Gasteiger partial charge on any atom is 0.343 e. The number of carbonyl (C=O) groups excluding carboxylic acids is 2. The molecule has 4 heterocycles. The van der Waals surface area contributed by atoms with Crippen LogP contribution in [0.5, 0.6) is 11.8 Å². The third-order valence-corrected chi connectivity index (χ3v) is 6.70. The molecule has 2 aromatic rings. The van der Waals surface area contributed by atoms with E-state index in [2.05, 4.69) is 16.0 Å². The molecule has 230 valence electrons. The minimum absolute atomic E-state index is 0.324. The minimum Gasteiger partial charge on any atom is -0.477 e. The molecule has 0 radical (unpaired) electrons. The molecular weight excluding hydrogens is 540 g/mol. The third kappa shape index (κ3) is 10.4. The lowest BCUT2D eigenvalue weighted by atomic mass is 9.93. The summed E-state index contributed by atoms with van der Waals surface area (Å²) in [6.07, 6.45) is 10.4. The molecule has 0 aliphatic carbocycles. The molecule has 0 amide bonds. The van der Waals surface area contributed by atoms with Crippen molar-refractivity contribution < 1.29 is 38.0 Å². The van der Waals surface area contributed by atoms with E-state index < -0.39 is 5.97 Å². The van der Waals surface area contributed by atoms with Crippen LogP contribution in [0, 0.1) is 5.92 Å². The van der Waals surface area contributed by atoms with Gasteiger partial charge in [-0.3, -0.25) is 0 Å². The summed E-state index contributed by atoms with van der Waals surface area (Å²) in [6.45, 7) is 12.0. The highest BCUT2D eigenvalue weighted by atomic mass is 16.5. The van der Waals surface area contributed by atoms with E-state index in [0.717, 1.165) is 69.7 Å². The first kappa shape index (κ1) is 33.0. The number of esters is 2. The van der Waals surface area contributed by atoms with Crippen LogP contribution < -0.4 is 9.47 Å². The summed E-state index contributed by atoms with van der Waals surface area (Å²) in [5.74, 6) is 0.494.